The summed E-state index contributed by atoms with van der Waals surface area (Å²) in [5.41, 5.74) is 0. The molecule has 0 aromatic carbocycles. The summed E-state index contributed by atoms with van der Waals surface area (Å²) in [6, 6.07) is 0. The second kappa shape index (κ2) is 6.42. The molecule has 17 heavy (non-hydrogen) atoms. The second-order valence-corrected chi connectivity index (χ2v) is 7.33. The Morgan fingerprint density at radius 2 is 1.24 bits per heavy atom. The highest BCUT2D eigenvalue weighted by atomic mass is 32.2. The standard InChI is InChI=1S/C12H18O3S2/c1-7-9(13)16-11(3,4)15-12(5,6)17-10(14)8-2/h7-8H,1-2H2,3-6H3. The Hall–Kier alpha value is -0.520. The van der Waals surface area contributed by atoms with Gasteiger partial charge in [0.2, 0.25) is 10.2 Å². The first-order valence-corrected chi connectivity index (χ1v) is 6.66. The Labute approximate surface area is 111 Å². The molecule has 0 spiro atoms. The number of thioether (sulfide) groups is 2. The maximum absolute atomic E-state index is 11.3. The Balaban J connectivity index is 4.56. The fraction of sp³-hybridized carbons (Fsp3) is 0.500. The van der Waals surface area contributed by atoms with Gasteiger partial charge in [-0.15, -0.1) is 0 Å². The van der Waals surface area contributed by atoms with Crippen LogP contribution in [-0.4, -0.2) is 20.1 Å². The van der Waals surface area contributed by atoms with Crippen molar-refractivity contribution >= 4 is 33.8 Å². The molecule has 0 saturated carbocycles. The molecule has 0 N–H and O–H groups in total. The lowest BCUT2D eigenvalue weighted by Crippen LogP contribution is -2.33. The van der Waals surface area contributed by atoms with Crippen molar-refractivity contribution in [1.29, 1.82) is 0 Å². The smallest absolute Gasteiger partial charge is 0.214 e. The van der Waals surface area contributed by atoms with Crippen LogP contribution in [-0.2, 0) is 14.3 Å². The van der Waals surface area contributed by atoms with Crippen LogP contribution in [0.2, 0.25) is 0 Å². The quantitative estimate of drug-likeness (QED) is 0.549. The monoisotopic (exact) mass is 274 g/mol. The maximum Gasteiger partial charge on any atom is 0.214 e. The molecular weight excluding hydrogens is 256 g/mol. The van der Waals surface area contributed by atoms with Crippen LogP contribution >= 0.6 is 23.5 Å². The average molecular weight is 274 g/mol. The van der Waals surface area contributed by atoms with Crippen LogP contribution in [0.5, 0.6) is 0 Å². The van der Waals surface area contributed by atoms with E-state index in [0.717, 1.165) is 23.5 Å². The lowest BCUT2D eigenvalue weighted by atomic mass is 10.4. The number of hydrogen-bond donors (Lipinski definition) is 0. The maximum atomic E-state index is 11.3. The van der Waals surface area contributed by atoms with Gasteiger partial charge in [0, 0.05) is 0 Å². The van der Waals surface area contributed by atoms with Crippen LogP contribution in [0, 0.1) is 0 Å². The minimum absolute atomic E-state index is 0.161. The van der Waals surface area contributed by atoms with Crippen LogP contribution in [0.15, 0.2) is 25.3 Å². The Kier molecular flexibility index (Phi) is 6.23. The molecule has 0 aromatic heterocycles. The first-order chi connectivity index (χ1) is 7.62. The summed E-state index contributed by atoms with van der Waals surface area (Å²) in [5.74, 6) is 0. The first kappa shape index (κ1) is 16.5. The Morgan fingerprint density at radius 1 is 0.941 bits per heavy atom. The third-order valence-electron chi connectivity index (χ3n) is 1.52. The van der Waals surface area contributed by atoms with Gasteiger partial charge in [-0.25, -0.2) is 0 Å². The van der Waals surface area contributed by atoms with E-state index in [1.165, 1.54) is 12.2 Å². The van der Waals surface area contributed by atoms with Gasteiger partial charge in [0.15, 0.2) is 0 Å². The van der Waals surface area contributed by atoms with Crippen molar-refractivity contribution in [1.82, 2.24) is 0 Å². The molecule has 0 aliphatic heterocycles. The van der Waals surface area contributed by atoms with Gasteiger partial charge in [0.05, 0.1) is 0 Å². The summed E-state index contributed by atoms with van der Waals surface area (Å²) in [6.45, 7) is 13.9. The molecule has 0 aliphatic carbocycles. The number of ether oxygens (including phenoxy) is 1. The fourth-order valence-electron chi connectivity index (χ4n) is 1.20. The zero-order valence-corrected chi connectivity index (χ0v) is 12.2. The molecule has 0 aliphatic rings. The summed E-state index contributed by atoms with van der Waals surface area (Å²) in [7, 11) is 0. The summed E-state index contributed by atoms with van der Waals surface area (Å²) in [6.07, 6.45) is 2.48. The predicted molar refractivity (Wildman–Crippen MR) is 74.8 cm³/mol. The summed E-state index contributed by atoms with van der Waals surface area (Å²) >= 11 is 2.07. The normalized spacial score (nSPS) is 12.0. The zero-order chi connectivity index (χ0) is 13.7. The molecule has 0 saturated heterocycles. The largest absolute Gasteiger partial charge is 0.347 e. The van der Waals surface area contributed by atoms with E-state index >= 15 is 0 Å². The molecule has 0 aromatic rings. The molecule has 96 valence electrons. The Morgan fingerprint density at radius 3 is 1.47 bits per heavy atom. The van der Waals surface area contributed by atoms with Gasteiger partial charge in [-0.05, 0) is 63.4 Å². The van der Waals surface area contributed by atoms with Crippen LogP contribution in [0.25, 0.3) is 0 Å². The fourth-order valence-corrected chi connectivity index (χ4v) is 2.89. The molecule has 0 rings (SSSR count). The molecule has 0 fully saturated rings. The van der Waals surface area contributed by atoms with Gasteiger partial charge in [-0.3, -0.25) is 9.59 Å². The van der Waals surface area contributed by atoms with E-state index in [4.69, 9.17) is 4.74 Å². The molecule has 3 nitrogen and oxygen atoms in total. The molecule has 0 unspecified atom stereocenters. The highest BCUT2D eigenvalue weighted by Gasteiger charge is 2.33. The third kappa shape index (κ3) is 7.41. The molecule has 5 heteroatoms. The van der Waals surface area contributed by atoms with E-state index in [2.05, 4.69) is 13.2 Å². The molecule has 0 atom stereocenters. The van der Waals surface area contributed by atoms with Crippen LogP contribution in [0.4, 0.5) is 0 Å². The van der Waals surface area contributed by atoms with Crippen LogP contribution in [0.1, 0.15) is 27.7 Å². The lowest BCUT2D eigenvalue weighted by Gasteiger charge is -2.33. The van der Waals surface area contributed by atoms with Gasteiger partial charge in [-0.1, -0.05) is 13.2 Å². The van der Waals surface area contributed by atoms with E-state index in [1.54, 1.807) is 27.7 Å². The van der Waals surface area contributed by atoms with E-state index in [0.29, 0.717) is 0 Å². The summed E-state index contributed by atoms with van der Waals surface area (Å²) in [5, 5.41) is -0.323. The van der Waals surface area contributed by atoms with Crippen molar-refractivity contribution < 1.29 is 14.3 Å². The third-order valence-corrected chi connectivity index (χ3v) is 3.40. The number of hydrogen-bond acceptors (Lipinski definition) is 5. The van der Waals surface area contributed by atoms with Crippen molar-refractivity contribution in [3.63, 3.8) is 0 Å². The van der Waals surface area contributed by atoms with Gasteiger partial charge in [0.1, 0.15) is 9.87 Å². The minimum Gasteiger partial charge on any atom is -0.347 e. The average Bonchev–Trinajstić information content (AvgIpc) is 2.13. The van der Waals surface area contributed by atoms with E-state index in [-0.39, 0.29) is 10.2 Å². The Bertz CT molecular complexity index is 301. The minimum atomic E-state index is -0.719. The second-order valence-electron chi connectivity index (χ2n) is 4.15. The lowest BCUT2D eigenvalue weighted by molar-refractivity contribution is -0.107. The number of carbonyl (C=O) groups excluding carboxylic acids is 2. The van der Waals surface area contributed by atoms with Crippen molar-refractivity contribution in [3.05, 3.63) is 25.3 Å². The van der Waals surface area contributed by atoms with Gasteiger partial charge in [-0.2, -0.15) is 0 Å². The van der Waals surface area contributed by atoms with Gasteiger partial charge >= 0.3 is 0 Å². The summed E-state index contributed by atoms with van der Waals surface area (Å²) < 4.78 is 5.76. The highest BCUT2D eigenvalue weighted by molar-refractivity contribution is 8.15. The van der Waals surface area contributed by atoms with Crippen LogP contribution < -0.4 is 0 Å². The van der Waals surface area contributed by atoms with E-state index < -0.39 is 9.87 Å². The molecule has 0 bridgehead atoms. The van der Waals surface area contributed by atoms with Gasteiger partial charge in [0.25, 0.3) is 0 Å². The van der Waals surface area contributed by atoms with E-state index in [1.807, 2.05) is 0 Å². The molecule has 0 amide bonds. The zero-order valence-electron chi connectivity index (χ0n) is 10.6. The van der Waals surface area contributed by atoms with Crippen molar-refractivity contribution in [3.8, 4) is 0 Å². The van der Waals surface area contributed by atoms with Gasteiger partial charge < -0.3 is 4.74 Å². The first-order valence-electron chi connectivity index (χ1n) is 5.03. The van der Waals surface area contributed by atoms with E-state index in [9.17, 15) is 9.59 Å². The molecule has 0 heterocycles. The predicted octanol–water partition coefficient (Wildman–Crippen LogP) is 3.37. The van der Waals surface area contributed by atoms with Crippen molar-refractivity contribution in [2.45, 2.75) is 37.6 Å². The number of rotatable bonds is 6. The molecular formula is C12H18O3S2. The molecule has 0 radical (unpaired) electrons. The highest BCUT2D eigenvalue weighted by Crippen LogP contribution is 2.37. The number of carbonyl (C=O) groups is 2. The SMILES string of the molecule is C=CC(=O)SC(C)(C)OC(C)(C)SC(=O)C=C. The topological polar surface area (TPSA) is 43.4 Å². The van der Waals surface area contributed by atoms with Crippen molar-refractivity contribution in [2.24, 2.45) is 0 Å². The van der Waals surface area contributed by atoms with Crippen molar-refractivity contribution in [2.75, 3.05) is 0 Å². The summed E-state index contributed by atoms with van der Waals surface area (Å²) in [4.78, 5) is 21.1. The van der Waals surface area contributed by atoms with Crippen LogP contribution in [0.3, 0.4) is 0 Å².